The Balaban J connectivity index is 1.57. The normalized spacial score (nSPS) is 15.7. The first-order chi connectivity index (χ1) is 12.5. The van der Waals surface area contributed by atoms with Gasteiger partial charge in [-0.15, -0.1) is 11.3 Å². The molecule has 0 amide bonds. The summed E-state index contributed by atoms with van der Waals surface area (Å²) >= 11 is 1.57. The van der Waals surface area contributed by atoms with Crippen LogP contribution in [-0.2, 0) is 6.54 Å². The highest BCUT2D eigenvalue weighted by Crippen LogP contribution is 2.30. The Kier molecular flexibility index (Phi) is 4.65. The van der Waals surface area contributed by atoms with Crippen LogP contribution in [0, 0.1) is 13.8 Å². The van der Waals surface area contributed by atoms with E-state index in [4.69, 9.17) is 0 Å². The lowest BCUT2D eigenvalue weighted by Crippen LogP contribution is -2.32. The highest BCUT2D eigenvalue weighted by molar-refractivity contribution is 7.18. The van der Waals surface area contributed by atoms with Crippen molar-refractivity contribution in [3.8, 4) is 0 Å². The third-order valence-corrected chi connectivity index (χ3v) is 6.20. The number of hydrogen-bond acceptors (Lipinski definition) is 5. The standard InChI is InChI=1S/C20H23N3O2S/c1-12-13(2)26-20-18(12)19(25)21-17(22-20)11-23(15-8-9-15)10-16(24)14-6-4-3-5-7-14/h3-7,15-16,24H,8-11H2,1-2H3,(H,21,22,25)/t16-/m0/s1. The number of thiophene rings is 1. The predicted octanol–water partition coefficient (Wildman–Crippen LogP) is 3.30. The van der Waals surface area contributed by atoms with Crippen LogP contribution in [0.3, 0.4) is 0 Å². The molecule has 1 aromatic carbocycles. The number of aryl methyl sites for hydroxylation is 2. The second-order valence-electron chi connectivity index (χ2n) is 7.06. The smallest absolute Gasteiger partial charge is 0.259 e. The van der Waals surface area contributed by atoms with E-state index in [1.165, 1.54) is 0 Å². The van der Waals surface area contributed by atoms with E-state index in [1.807, 2.05) is 44.2 Å². The van der Waals surface area contributed by atoms with Crippen molar-refractivity contribution in [3.05, 3.63) is 62.5 Å². The van der Waals surface area contributed by atoms with E-state index in [1.54, 1.807) is 11.3 Å². The molecule has 2 aromatic heterocycles. The number of aromatic nitrogens is 2. The van der Waals surface area contributed by atoms with E-state index in [2.05, 4.69) is 14.9 Å². The van der Waals surface area contributed by atoms with Crippen molar-refractivity contribution in [1.29, 1.82) is 0 Å². The van der Waals surface area contributed by atoms with Crippen LogP contribution < -0.4 is 5.56 Å². The molecule has 1 fully saturated rings. The summed E-state index contributed by atoms with van der Waals surface area (Å²) in [4.78, 5) is 24.3. The van der Waals surface area contributed by atoms with Gasteiger partial charge in [0.25, 0.3) is 5.56 Å². The average Bonchev–Trinajstić information content (AvgIpc) is 3.42. The van der Waals surface area contributed by atoms with Gasteiger partial charge in [0.2, 0.25) is 0 Å². The maximum Gasteiger partial charge on any atom is 0.259 e. The molecule has 1 aliphatic carbocycles. The number of aliphatic hydroxyl groups is 1. The number of fused-ring (bicyclic) bond motifs is 1. The Bertz CT molecular complexity index is 976. The molecule has 0 unspecified atom stereocenters. The zero-order valence-electron chi connectivity index (χ0n) is 15.0. The van der Waals surface area contributed by atoms with Crippen LogP contribution in [0.1, 0.15) is 40.8 Å². The van der Waals surface area contributed by atoms with Crippen molar-refractivity contribution in [3.63, 3.8) is 0 Å². The van der Waals surface area contributed by atoms with Crippen molar-refractivity contribution < 1.29 is 5.11 Å². The first-order valence-electron chi connectivity index (χ1n) is 8.99. The van der Waals surface area contributed by atoms with Gasteiger partial charge in [0, 0.05) is 17.5 Å². The minimum absolute atomic E-state index is 0.0637. The van der Waals surface area contributed by atoms with E-state index in [0.717, 1.165) is 33.7 Å². The molecule has 0 saturated heterocycles. The third-order valence-electron chi connectivity index (χ3n) is 5.10. The number of nitrogens with zero attached hydrogens (tertiary/aromatic N) is 2. The molecule has 2 N–H and O–H groups in total. The summed E-state index contributed by atoms with van der Waals surface area (Å²) in [6, 6.07) is 10.2. The van der Waals surface area contributed by atoms with Crippen LogP contribution in [-0.4, -0.2) is 32.6 Å². The highest BCUT2D eigenvalue weighted by Gasteiger charge is 2.31. The van der Waals surface area contributed by atoms with E-state index in [9.17, 15) is 9.90 Å². The molecule has 1 atom stereocenters. The van der Waals surface area contributed by atoms with Crippen LogP contribution in [0.25, 0.3) is 10.2 Å². The van der Waals surface area contributed by atoms with E-state index in [0.29, 0.717) is 30.3 Å². The second-order valence-corrected chi connectivity index (χ2v) is 8.27. The zero-order valence-corrected chi connectivity index (χ0v) is 15.8. The summed E-state index contributed by atoms with van der Waals surface area (Å²) in [5.41, 5.74) is 1.87. The minimum Gasteiger partial charge on any atom is -0.387 e. The van der Waals surface area contributed by atoms with Gasteiger partial charge >= 0.3 is 0 Å². The zero-order chi connectivity index (χ0) is 18.3. The Labute approximate surface area is 156 Å². The summed E-state index contributed by atoms with van der Waals surface area (Å²) in [6.07, 6.45) is 1.72. The number of aromatic amines is 1. The van der Waals surface area contributed by atoms with Gasteiger partial charge in [-0.05, 0) is 37.8 Å². The molecular weight excluding hydrogens is 346 g/mol. The molecule has 2 heterocycles. The quantitative estimate of drug-likeness (QED) is 0.699. The lowest BCUT2D eigenvalue weighted by molar-refractivity contribution is 0.103. The van der Waals surface area contributed by atoms with Gasteiger partial charge in [-0.2, -0.15) is 0 Å². The summed E-state index contributed by atoms with van der Waals surface area (Å²) in [7, 11) is 0. The monoisotopic (exact) mass is 369 g/mol. The van der Waals surface area contributed by atoms with Crippen molar-refractivity contribution in [2.24, 2.45) is 0 Å². The van der Waals surface area contributed by atoms with Gasteiger partial charge < -0.3 is 10.1 Å². The van der Waals surface area contributed by atoms with Crippen LogP contribution in [0.5, 0.6) is 0 Å². The maximum absolute atomic E-state index is 12.5. The lowest BCUT2D eigenvalue weighted by atomic mass is 10.1. The predicted molar refractivity (Wildman–Crippen MR) is 105 cm³/mol. The Hall–Kier alpha value is -2.02. The second kappa shape index (κ2) is 6.95. The maximum atomic E-state index is 12.5. The van der Waals surface area contributed by atoms with Crippen molar-refractivity contribution in [1.82, 2.24) is 14.9 Å². The molecule has 26 heavy (non-hydrogen) atoms. The Morgan fingerprint density at radius 3 is 2.73 bits per heavy atom. The van der Waals surface area contributed by atoms with Crippen molar-refractivity contribution in [2.75, 3.05) is 6.54 Å². The molecule has 0 spiro atoms. The molecule has 1 saturated carbocycles. The van der Waals surface area contributed by atoms with Crippen LogP contribution in [0.15, 0.2) is 35.1 Å². The topological polar surface area (TPSA) is 69.2 Å². The van der Waals surface area contributed by atoms with Gasteiger partial charge in [0.05, 0.1) is 18.0 Å². The fraction of sp³-hybridized carbons (Fsp3) is 0.400. The molecule has 0 aliphatic heterocycles. The van der Waals surface area contributed by atoms with Gasteiger partial charge in [-0.25, -0.2) is 4.98 Å². The number of benzene rings is 1. The van der Waals surface area contributed by atoms with Crippen LogP contribution in [0.4, 0.5) is 0 Å². The van der Waals surface area contributed by atoms with E-state index in [-0.39, 0.29) is 5.56 Å². The number of aliphatic hydroxyl groups excluding tert-OH is 1. The first-order valence-corrected chi connectivity index (χ1v) is 9.80. The average molecular weight is 369 g/mol. The minimum atomic E-state index is -0.543. The van der Waals surface area contributed by atoms with Crippen LogP contribution >= 0.6 is 11.3 Å². The fourth-order valence-electron chi connectivity index (χ4n) is 3.35. The molecule has 4 rings (SSSR count). The van der Waals surface area contributed by atoms with Crippen molar-refractivity contribution in [2.45, 2.75) is 45.4 Å². The molecule has 0 bridgehead atoms. The summed E-state index contributed by atoms with van der Waals surface area (Å²) < 4.78 is 0. The fourth-order valence-corrected chi connectivity index (χ4v) is 4.40. The highest BCUT2D eigenvalue weighted by atomic mass is 32.1. The lowest BCUT2D eigenvalue weighted by Gasteiger charge is -2.24. The van der Waals surface area contributed by atoms with Crippen molar-refractivity contribution >= 4 is 21.6 Å². The Morgan fingerprint density at radius 2 is 2.04 bits per heavy atom. The van der Waals surface area contributed by atoms with Gasteiger partial charge in [0.15, 0.2) is 0 Å². The largest absolute Gasteiger partial charge is 0.387 e. The molecular formula is C20H23N3O2S. The van der Waals surface area contributed by atoms with E-state index < -0.39 is 6.10 Å². The summed E-state index contributed by atoms with van der Waals surface area (Å²) in [6.45, 7) is 5.08. The SMILES string of the molecule is Cc1sc2nc(CN(C[C@H](O)c3ccccc3)C3CC3)[nH]c(=O)c2c1C. The number of nitrogens with one attached hydrogen (secondary N) is 1. The third kappa shape index (κ3) is 3.45. The number of H-pyrrole nitrogens is 1. The van der Waals surface area contributed by atoms with E-state index >= 15 is 0 Å². The molecule has 1 aliphatic rings. The molecule has 6 heteroatoms. The van der Waals surface area contributed by atoms with Gasteiger partial charge in [-0.1, -0.05) is 30.3 Å². The van der Waals surface area contributed by atoms with Gasteiger partial charge in [-0.3, -0.25) is 9.69 Å². The molecule has 3 aromatic rings. The number of hydrogen-bond donors (Lipinski definition) is 2. The molecule has 5 nitrogen and oxygen atoms in total. The van der Waals surface area contributed by atoms with Crippen LogP contribution in [0.2, 0.25) is 0 Å². The summed E-state index contributed by atoms with van der Waals surface area (Å²) in [5, 5.41) is 11.3. The molecule has 0 radical (unpaired) electrons. The first kappa shape index (κ1) is 17.4. The summed E-state index contributed by atoms with van der Waals surface area (Å²) in [5.74, 6) is 0.677. The molecule has 136 valence electrons. The number of rotatable bonds is 6. The Morgan fingerprint density at radius 1 is 1.31 bits per heavy atom. The van der Waals surface area contributed by atoms with Gasteiger partial charge in [0.1, 0.15) is 10.7 Å².